The molecule has 0 spiro atoms. The van der Waals surface area contributed by atoms with Crippen LogP contribution in [-0.4, -0.2) is 28.0 Å². The van der Waals surface area contributed by atoms with Crippen molar-refractivity contribution in [2.24, 2.45) is 0 Å². The maximum Gasteiger partial charge on any atom is 0.293 e. The Morgan fingerprint density at radius 3 is 2.72 bits per heavy atom. The monoisotopic (exact) mass is 416 g/mol. The minimum atomic E-state index is -3.98. The Morgan fingerprint density at radius 2 is 2.03 bits per heavy atom. The molecular formula is C20H17FN2O5S. The van der Waals surface area contributed by atoms with Gasteiger partial charge in [-0.15, -0.1) is 0 Å². The van der Waals surface area contributed by atoms with E-state index in [9.17, 15) is 17.6 Å². The van der Waals surface area contributed by atoms with Crippen molar-refractivity contribution in [2.45, 2.75) is 11.3 Å². The number of anilines is 2. The number of furan rings is 1. The van der Waals surface area contributed by atoms with Crippen LogP contribution in [0.25, 0.3) is 0 Å². The summed E-state index contributed by atoms with van der Waals surface area (Å²) in [6.45, 7) is 0.467. The Balaban J connectivity index is 1.57. The molecule has 1 amide bonds. The first kappa shape index (κ1) is 19.0. The standard InChI is InChI=1S/C20H17FN2O5S/c1-27-18-7-5-15(12-16(18)21)29(25,26)22-14-4-6-17-13(11-14)8-9-23(17)20(24)19-3-2-10-28-19/h2-7,10-12,22H,8-9H2,1H3. The molecule has 0 radical (unpaired) electrons. The summed E-state index contributed by atoms with van der Waals surface area (Å²) in [5, 5.41) is 0. The van der Waals surface area contributed by atoms with Gasteiger partial charge < -0.3 is 14.1 Å². The minimum absolute atomic E-state index is 0.0391. The van der Waals surface area contributed by atoms with E-state index in [4.69, 9.17) is 9.15 Å². The molecule has 150 valence electrons. The average molecular weight is 416 g/mol. The zero-order chi connectivity index (χ0) is 20.6. The van der Waals surface area contributed by atoms with E-state index in [1.165, 1.54) is 25.5 Å². The lowest BCUT2D eigenvalue weighted by Crippen LogP contribution is -2.28. The molecule has 0 fully saturated rings. The van der Waals surface area contributed by atoms with Crippen LogP contribution in [0.2, 0.25) is 0 Å². The molecule has 0 saturated heterocycles. The van der Waals surface area contributed by atoms with Crippen LogP contribution >= 0.6 is 0 Å². The number of amides is 1. The zero-order valence-electron chi connectivity index (χ0n) is 15.4. The van der Waals surface area contributed by atoms with Crippen LogP contribution in [0, 0.1) is 5.82 Å². The molecule has 1 aliphatic rings. The Morgan fingerprint density at radius 1 is 1.21 bits per heavy atom. The van der Waals surface area contributed by atoms with Crippen molar-refractivity contribution in [3.63, 3.8) is 0 Å². The maximum atomic E-state index is 13.9. The highest BCUT2D eigenvalue weighted by atomic mass is 32.2. The van der Waals surface area contributed by atoms with Crippen LogP contribution in [0.3, 0.4) is 0 Å². The number of hydrogen-bond acceptors (Lipinski definition) is 5. The molecule has 7 nitrogen and oxygen atoms in total. The van der Waals surface area contributed by atoms with Gasteiger partial charge in [-0.05, 0) is 60.5 Å². The number of carbonyl (C=O) groups is 1. The number of methoxy groups -OCH3 is 1. The topological polar surface area (TPSA) is 88.9 Å². The second kappa shape index (κ2) is 7.25. The van der Waals surface area contributed by atoms with Gasteiger partial charge in [0.1, 0.15) is 0 Å². The summed E-state index contributed by atoms with van der Waals surface area (Å²) in [6.07, 6.45) is 2.01. The number of rotatable bonds is 5. The molecule has 0 atom stereocenters. The average Bonchev–Trinajstić information content (AvgIpc) is 3.37. The molecule has 2 heterocycles. The Kier molecular flexibility index (Phi) is 4.75. The van der Waals surface area contributed by atoms with E-state index in [1.54, 1.807) is 35.2 Å². The van der Waals surface area contributed by atoms with E-state index in [1.807, 2.05) is 0 Å². The van der Waals surface area contributed by atoms with Crippen LogP contribution < -0.4 is 14.4 Å². The van der Waals surface area contributed by atoms with Gasteiger partial charge in [-0.1, -0.05) is 0 Å². The molecule has 1 N–H and O–H groups in total. The van der Waals surface area contributed by atoms with Gasteiger partial charge in [0.05, 0.1) is 18.3 Å². The van der Waals surface area contributed by atoms with E-state index >= 15 is 0 Å². The highest BCUT2D eigenvalue weighted by Gasteiger charge is 2.27. The normalized spacial score (nSPS) is 13.2. The summed E-state index contributed by atoms with van der Waals surface area (Å²) in [7, 11) is -2.68. The molecule has 0 aliphatic carbocycles. The number of carbonyl (C=O) groups excluding carboxylic acids is 1. The molecule has 0 saturated carbocycles. The number of ether oxygens (including phenoxy) is 1. The summed E-state index contributed by atoms with van der Waals surface area (Å²) in [5.41, 5.74) is 1.85. The number of halogens is 1. The second-order valence-electron chi connectivity index (χ2n) is 6.43. The van der Waals surface area contributed by atoms with E-state index in [0.29, 0.717) is 24.3 Å². The van der Waals surface area contributed by atoms with Crippen LogP contribution in [-0.2, 0) is 16.4 Å². The number of nitrogens with zero attached hydrogens (tertiary/aromatic N) is 1. The van der Waals surface area contributed by atoms with Crippen LogP contribution in [0.15, 0.2) is 64.1 Å². The van der Waals surface area contributed by atoms with Crippen LogP contribution in [0.4, 0.5) is 15.8 Å². The summed E-state index contributed by atoms with van der Waals surface area (Å²) in [4.78, 5) is 13.9. The molecular weight excluding hydrogens is 399 g/mol. The summed E-state index contributed by atoms with van der Waals surface area (Å²) in [5.74, 6) is -0.820. The molecule has 9 heteroatoms. The summed E-state index contributed by atoms with van der Waals surface area (Å²) < 4.78 is 51.5. The molecule has 0 unspecified atom stereocenters. The number of nitrogens with one attached hydrogen (secondary N) is 1. The molecule has 0 bridgehead atoms. The molecule has 3 aromatic rings. The van der Waals surface area contributed by atoms with E-state index < -0.39 is 15.8 Å². The maximum absolute atomic E-state index is 13.9. The van der Waals surface area contributed by atoms with Gasteiger partial charge in [0.15, 0.2) is 17.3 Å². The highest BCUT2D eigenvalue weighted by Crippen LogP contribution is 2.32. The number of benzene rings is 2. The lowest BCUT2D eigenvalue weighted by Gasteiger charge is -2.16. The molecule has 1 aromatic heterocycles. The SMILES string of the molecule is COc1ccc(S(=O)(=O)Nc2ccc3c(c2)CCN3C(=O)c2ccco2)cc1F. The molecule has 29 heavy (non-hydrogen) atoms. The third-order valence-electron chi connectivity index (χ3n) is 4.64. The van der Waals surface area contributed by atoms with Crippen LogP contribution in [0.1, 0.15) is 16.1 Å². The first-order valence-electron chi connectivity index (χ1n) is 8.74. The van der Waals surface area contributed by atoms with Crippen molar-refractivity contribution in [1.29, 1.82) is 0 Å². The van der Waals surface area contributed by atoms with Crippen molar-refractivity contribution >= 4 is 27.3 Å². The number of fused-ring (bicyclic) bond motifs is 1. The Labute approximate surface area is 166 Å². The smallest absolute Gasteiger partial charge is 0.293 e. The molecule has 4 rings (SSSR count). The number of hydrogen-bond donors (Lipinski definition) is 1. The zero-order valence-corrected chi connectivity index (χ0v) is 16.2. The lowest BCUT2D eigenvalue weighted by molar-refractivity contribution is 0.0963. The van der Waals surface area contributed by atoms with Gasteiger partial charge in [-0.3, -0.25) is 9.52 Å². The third kappa shape index (κ3) is 3.56. The van der Waals surface area contributed by atoms with Gasteiger partial charge in [0.2, 0.25) is 0 Å². The molecule has 2 aromatic carbocycles. The van der Waals surface area contributed by atoms with Crippen molar-refractivity contribution in [3.8, 4) is 5.75 Å². The first-order valence-corrected chi connectivity index (χ1v) is 10.2. The van der Waals surface area contributed by atoms with Gasteiger partial charge in [-0.25, -0.2) is 12.8 Å². The fourth-order valence-electron chi connectivity index (χ4n) is 3.24. The van der Waals surface area contributed by atoms with E-state index in [-0.39, 0.29) is 22.3 Å². The first-order chi connectivity index (χ1) is 13.9. The van der Waals surface area contributed by atoms with E-state index in [0.717, 1.165) is 11.6 Å². The highest BCUT2D eigenvalue weighted by molar-refractivity contribution is 7.92. The predicted molar refractivity (Wildman–Crippen MR) is 104 cm³/mol. The van der Waals surface area contributed by atoms with Gasteiger partial charge in [-0.2, -0.15) is 0 Å². The second-order valence-corrected chi connectivity index (χ2v) is 8.11. The van der Waals surface area contributed by atoms with Gasteiger partial charge in [0, 0.05) is 17.9 Å². The van der Waals surface area contributed by atoms with Crippen molar-refractivity contribution in [3.05, 3.63) is 71.9 Å². The lowest BCUT2D eigenvalue weighted by atomic mass is 10.1. The minimum Gasteiger partial charge on any atom is -0.494 e. The van der Waals surface area contributed by atoms with Gasteiger partial charge >= 0.3 is 0 Å². The Bertz CT molecular complexity index is 1180. The fourth-order valence-corrected chi connectivity index (χ4v) is 4.30. The van der Waals surface area contributed by atoms with Crippen molar-refractivity contribution in [1.82, 2.24) is 0 Å². The van der Waals surface area contributed by atoms with E-state index in [2.05, 4.69) is 4.72 Å². The third-order valence-corrected chi connectivity index (χ3v) is 6.02. The van der Waals surface area contributed by atoms with Gasteiger partial charge in [0.25, 0.3) is 15.9 Å². The summed E-state index contributed by atoms with van der Waals surface area (Å²) >= 11 is 0. The summed E-state index contributed by atoms with van der Waals surface area (Å²) in [6, 6.07) is 11.6. The largest absolute Gasteiger partial charge is 0.494 e. The molecule has 1 aliphatic heterocycles. The fraction of sp³-hybridized carbons (Fsp3) is 0.150. The van der Waals surface area contributed by atoms with Crippen molar-refractivity contribution in [2.75, 3.05) is 23.3 Å². The predicted octanol–water partition coefficient (Wildman–Crippen LogP) is 3.43. The van der Waals surface area contributed by atoms with Crippen molar-refractivity contribution < 1.29 is 26.8 Å². The quantitative estimate of drug-likeness (QED) is 0.688. The van der Waals surface area contributed by atoms with Crippen LogP contribution in [0.5, 0.6) is 5.75 Å². The Hall–Kier alpha value is -3.33. The number of sulfonamides is 1.